The number of piperidine rings is 1. The van der Waals surface area contributed by atoms with Gasteiger partial charge in [-0.15, -0.1) is 0 Å². The average Bonchev–Trinajstić information content (AvgIpc) is 2.43. The third kappa shape index (κ3) is 5.12. The first-order chi connectivity index (χ1) is 10.0. The molecule has 0 bridgehead atoms. The largest absolute Gasteiger partial charge is 0.352 e. The van der Waals surface area contributed by atoms with Gasteiger partial charge in [0.05, 0.1) is 0 Å². The number of nitrogens with zero attached hydrogens (tertiary/aromatic N) is 1. The van der Waals surface area contributed by atoms with Gasteiger partial charge in [-0.3, -0.25) is 4.79 Å². The predicted molar refractivity (Wildman–Crippen MR) is 82.7 cm³/mol. The highest BCUT2D eigenvalue weighted by Crippen LogP contribution is 2.20. The Bertz CT molecular complexity index is 450. The zero-order valence-electron chi connectivity index (χ0n) is 12.9. The monoisotopic (exact) mass is 292 g/mol. The fourth-order valence-corrected chi connectivity index (χ4v) is 3.18. The molecular formula is C17H25FN2O. The fourth-order valence-electron chi connectivity index (χ4n) is 3.18. The molecule has 1 heterocycles. The van der Waals surface area contributed by atoms with E-state index in [-0.39, 0.29) is 11.7 Å². The molecule has 21 heavy (non-hydrogen) atoms. The van der Waals surface area contributed by atoms with E-state index >= 15 is 0 Å². The molecule has 1 saturated heterocycles. The van der Waals surface area contributed by atoms with E-state index in [1.165, 1.54) is 30.7 Å². The molecule has 4 heteroatoms. The van der Waals surface area contributed by atoms with E-state index in [9.17, 15) is 9.18 Å². The number of likely N-dealkylation sites (tertiary alicyclic amines) is 1. The van der Waals surface area contributed by atoms with E-state index in [0.29, 0.717) is 12.1 Å². The molecule has 116 valence electrons. The van der Waals surface area contributed by atoms with Crippen LogP contribution in [0, 0.1) is 17.7 Å². The van der Waals surface area contributed by atoms with Gasteiger partial charge in [0.2, 0.25) is 0 Å². The highest BCUT2D eigenvalue weighted by molar-refractivity contribution is 5.94. The number of nitrogens with one attached hydrogen (secondary N) is 1. The summed E-state index contributed by atoms with van der Waals surface area (Å²) in [6.07, 6.45) is 2.27. The van der Waals surface area contributed by atoms with Crippen LogP contribution in [0.1, 0.15) is 37.0 Å². The molecule has 0 aromatic heterocycles. The summed E-state index contributed by atoms with van der Waals surface area (Å²) in [5.74, 6) is 1.08. The molecule has 1 aromatic carbocycles. The number of halogens is 1. The summed E-state index contributed by atoms with van der Waals surface area (Å²) in [5.41, 5.74) is 0.511. The van der Waals surface area contributed by atoms with E-state index < -0.39 is 0 Å². The van der Waals surface area contributed by atoms with Gasteiger partial charge in [0.25, 0.3) is 5.91 Å². The van der Waals surface area contributed by atoms with Gasteiger partial charge in [-0.05, 0) is 55.5 Å². The third-order valence-corrected chi connectivity index (χ3v) is 3.99. The van der Waals surface area contributed by atoms with Crippen molar-refractivity contribution < 1.29 is 9.18 Å². The van der Waals surface area contributed by atoms with Crippen LogP contribution in [-0.2, 0) is 0 Å². The lowest BCUT2D eigenvalue weighted by Gasteiger charge is -2.34. The van der Waals surface area contributed by atoms with Crippen LogP contribution in [0.15, 0.2) is 24.3 Å². The van der Waals surface area contributed by atoms with Gasteiger partial charge < -0.3 is 10.2 Å². The first kappa shape index (κ1) is 16.0. The molecule has 0 saturated carbocycles. The molecule has 0 unspecified atom stereocenters. The predicted octanol–water partition coefficient (Wildman–Crippen LogP) is 2.92. The minimum atomic E-state index is -0.320. The van der Waals surface area contributed by atoms with E-state index in [0.717, 1.165) is 37.9 Å². The molecule has 1 N–H and O–H groups in total. The standard InChI is InChI=1S/C17H25FN2O/c1-13-10-14(2)12-20(11-13)9-3-8-19-17(21)15-4-6-16(18)7-5-15/h4-7,13-14H,3,8-12H2,1-2H3,(H,19,21)/t13-,14-/m1/s1. The fraction of sp³-hybridized carbons (Fsp3) is 0.588. The van der Waals surface area contributed by atoms with Crippen LogP contribution in [0.2, 0.25) is 0 Å². The van der Waals surface area contributed by atoms with Gasteiger partial charge in [-0.2, -0.15) is 0 Å². The normalized spacial score (nSPS) is 23.0. The summed E-state index contributed by atoms with van der Waals surface area (Å²) in [6.45, 7) is 8.62. The van der Waals surface area contributed by atoms with Gasteiger partial charge in [0.1, 0.15) is 5.82 Å². The van der Waals surface area contributed by atoms with Crippen molar-refractivity contribution in [3.05, 3.63) is 35.6 Å². The Hall–Kier alpha value is -1.42. The molecule has 0 radical (unpaired) electrons. The molecule has 1 fully saturated rings. The number of rotatable bonds is 5. The van der Waals surface area contributed by atoms with E-state index in [1.807, 2.05) is 0 Å². The van der Waals surface area contributed by atoms with Gasteiger partial charge in [-0.25, -0.2) is 4.39 Å². The number of hydrogen-bond acceptors (Lipinski definition) is 2. The third-order valence-electron chi connectivity index (χ3n) is 3.99. The average molecular weight is 292 g/mol. The lowest BCUT2D eigenvalue weighted by molar-refractivity contribution is 0.0947. The van der Waals surface area contributed by atoms with Gasteiger partial charge in [0, 0.05) is 25.2 Å². The number of benzene rings is 1. The molecule has 2 atom stereocenters. The zero-order valence-corrected chi connectivity index (χ0v) is 12.9. The molecule has 1 amide bonds. The van der Waals surface area contributed by atoms with Crippen molar-refractivity contribution in [1.82, 2.24) is 10.2 Å². The second kappa shape index (κ2) is 7.55. The van der Waals surface area contributed by atoms with Crippen LogP contribution in [0.25, 0.3) is 0 Å². The van der Waals surface area contributed by atoms with Crippen LogP contribution >= 0.6 is 0 Å². The highest BCUT2D eigenvalue weighted by Gasteiger charge is 2.21. The first-order valence-corrected chi connectivity index (χ1v) is 7.80. The molecular weight excluding hydrogens is 267 g/mol. The Kier molecular flexibility index (Phi) is 5.74. The lowest BCUT2D eigenvalue weighted by Crippen LogP contribution is -2.40. The maximum Gasteiger partial charge on any atom is 0.251 e. The summed E-state index contributed by atoms with van der Waals surface area (Å²) in [7, 11) is 0. The van der Waals surface area contributed by atoms with Crippen molar-refractivity contribution in [3.63, 3.8) is 0 Å². The number of hydrogen-bond donors (Lipinski definition) is 1. The Morgan fingerprint density at radius 1 is 1.24 bits per heavy atom. The van der Waals surface area contributed by atoms with Gasteiger partial charge in [-0.1, -0.05) is 13.8 Å². The summed E-state index contributed by atoms with van der Waals surface area (Å²) in [5, 5.41) is 2.89. The van der Waals surface area contributed by atoms with Crippen molar-refractivity contribution in [1.29, 1.82) is 0 Å². The van der Waals surface area contributed by atoms with Gasteiger partial charge in [0.15, 0.2) is 0 Å². The van der Waals surface area contributed by atoms with Crippen molar-refractivity contribution in [3.8, 4) is 0 Å². The number of amides is 1. The Balaban J connectivity index is 1.67. The second-order valence-corrected chi connectivity index (χ2v) is 6.32. The maximum atomic E-state index is 12.8. The second-order valence-electron chi connectivity index (χ2n) is 6.32. The zero-order chi connectivity index (χ0) is 15.2. The summed E-state index contributed by atoms with van der Waals surface area (Å²) < 4.78 is 12.8. The molecule has 1 aliphatic rings. The van der Waals surface area contributed by atoms with E-state index in [2.05, 4.69) is 24.1 Å². The minimum Gasteiger partial charge on any atom is -0.352 e. The quantitative estimate of drug-likeness (QED) is 0.846. The summed E-state index contributed by atoms with van der Waals surface area (Å²) in [4.78, 5) is 14.4. The minimum absolute atomic E-state index is 0.129. The molecule has 0 aliphatic carbocycles. The first-order valence-electron chi connectivity index (χ1n) is 7.80. The topological polar surface area (TPSA) is 32.3 Å². The molecule has 2 rings (SSSR count). The van der Waals surface area contributed by atoms with Crippen molar-refractivity contribution in [2.45, 2.75) is 26.7 Å². The molecule has 0 spiro atoms. The van der Waals surface area contributed by atoms with Crippen LogP contribution in [0.3, 0.4) is 0 Å². The van der Waals surface area contributed by atoms with Crippen LogP contribution in [-0.4, -0.2) is 37.0 Å². The number of carbonyl (C=O) groups excluding carboxylic acids is 1. The highest BCUT2D eigenvalue weighted by atomic mass is 19.1. The van der Waals surface area contributed by atoms with E-state index in [4.69, 9.17) is 0 Å². The van der Waals surface area contributed by atoms with E-state index in [1.54, 1.807) is 0 Å². The lowest BCUT2D eigenvalue weighted by atomic mass is 9.92. The SMILES string of the molecule is C[C@@H]1C[C@@H](C)CN(CCCNC(=O)c2ccc(F)cc2)C1. The Morgan fingerprint density at radius 2 is 1.86 bits per heavy atom. The van der Waals surface area contributed by atoms with Crippen LogP contribution < -0.4 is 5.32 Å². The van der Waals surface area contributed by atoms with Crippen molar-refractivity contribution in [2.24, 2.45) is 11.8 Å². The van der Waals surface area contributed by atoms with Gasteiger partial charge >= 0.3 is 0 Å². The van der Waals surface area contributed by atoms with Crippen LogP contribution in [0.4, 0.5) is 4.39 Å². The van der Waals surface area contributed by atoms with Crippen LogP contribution in [0.5, 0.6) is 0 Å². The number of carbonyl (C=O) groups is 1. The van der Waals surface area contributed by atoms with Crippen molar-refractivity contribution in [2.75, 3.05) is 26.2 Å². The summed E-state index contributed by atoms with van der Waals surface area (Å²) in [6, 6.07) is 5.65. The molecule has 1 aromatic rings. The summed E-state index contributed by atoms with van der Waals surface area (Å²) >= 11 is 0. The molecule has 3 nitrogen and oxygen atoms in total. The molecule has 1 aliphatic heterocycles. The Morgan fingerprint density at radius 3 is 2.48 bits per heavy atom. The maximum absolute atomic E-state index is 12.8. The van der Waals surface area contributed by atoms with Crippen molar-refractivity contribution >= 4 is 5.91 Å². The Labute approximate surface area is 126 Å². The smallest absolute Gasteiger partial charge is 0.251 e.